The maximum atomic E-state index is 13.7. The Labute approximate surface area is 216 Å². The van der Waals surface area contributed by atoms with Gasteiger partial charge in [-0.2, -0.15) is 0 Å². The number of hydrogen-bond donors (Lipinski definition) is 1. The normalized spacial score (nSPS) is 11.9. The summed E-state index contributed by atoms with van der Waals surface area (Å²) in [4.78, 5) is 27.5. The van der Waals surface area contributed by atoms with Gasteiger partial charge in [0.2, 0.25) is 11.8 Å². The van der Waals surface area contributed by atoms with E-state index in [1.54, 1.807) is 74.7 Å². The van der Waals surface area contributed by atoms with Crippen molar-refractivity contribution in [2.75, 3.05) is 25.0 Å². The van der Waals surface area contributed by atoms with Crippen LogP contribution in [0.4, 0.5) is 5.69 Å². The van der Waals surface area contributed by atoms with Crippen LogP contribution in [0.3, 0.4) is 0 Å². The molecule has 10 heteroatoms. The van der Waals surface area contributed by atoms with Crippen LogP contribution in [0.5, 0.6) is 5.75 Å². The molecule has 0 unspecified atom stereocenters. The zero-order chi connectivity index (χ0) is 26.3. The Morgan fingerprint density at radius 3 is 2.25 bits per heavy atom. The summed E-state index contributed by atoms with van der Waals surface area (Å²) in [6, 6.07) is 20.3. The summed E-state index contributed by atoms with van der Waals surface area (Å²) in [6.07, 6.45) is 0. The molecule has 3 aromatic rings. The number of hydrogen-bond acceptors (Lipinski definition) is 5. The Morgan fingerprint density at radius 2 is 1.67 bits per heavy atom. The first kappa shape index (κ1) is 27.0. The van der Waals surface area contributed by atoms with Crippen LogP contribution in [0.2, 0.25) is 5.02 Å². The van der Waals surface area contributed by atoms with E-state index < -0.39 is 28.5 Å². The second-order valence-electron chi connectivity index (χ2n) is 7.96. The van der Waals surface area contributed by atoms with E-state index in [-0.39, 0.29) is 23.0 Å². The van der Waals surface area contributed by atoms with Crippen molar-refractivity contribution in [2.24, 2.45) is 0 Å². The summed E-state index contributed by atoms with van der Waals surface area (Å²) in [5.41, 5.74) is 0.983. The average molecular weight is 530 g/mol. The molecule has 0 fully saturated rings. The Kier molecular flexibility index (Phi) is 8.95. The number of ether oxygens (including phenoxy) is 1. The molecule has 0 aliphatic carbocycles. The second-order valence-corrected chi connectivity index (χ2v) is 10.3. The van der Waals surface area contributed by atoms with Crippen LogP contribution in [-0.2, 0) is 26.2 Å². The fourth-order valence-electron chi connectivity index (χ4n) is 3.60. The molecule has 0 aromatic heterocycles. The van der Waals surface area contributed by atoms with Crippen LogP contribution in [0.25, 0.3) is 0 Å². The molecule has 8 nitrogen and oxygen atoms in total. The Bertz CT molecular complexity index is 1300. The lowest BCUT2D eigenvalue weighted by molar-refractivity contribution is -0.139. The third-order valence-corrected chi connectivity index (χ3v) is 7.66. The first-order valence-corrected chi connectivity index (χ1v) is 13.0. The van der Waals surface area contributed by atoms with Gasteiger partial charge in [0.15, 0.2) is 0 Å². The van der Waals surface area contributed by atoms with E-state index in [9.17, 15) is 18.0 Å². The molecule has 3 aromatic carbocycles. The van der Waals surface area contributed by atoms with Crippen LogP contribution in [0.15, 0.2) is 83.8 Å². The molecule has 1 atom stereocenters. The molecule has 1 N–H and O–H groups in total. The van der Waals surface area contributed by atoms with Crippen molar-refractivity contribution in [2.45, 2.75) is 24.4 Å². The number of benzene rings is 3. The molecule has 190 valence electrons. The summed E-state index contributed by atoms with van der Waals surface area (Å²) in [5, 5.41) is 2.87. The number of methoxy groups -OCH3 is 1. The van der Waals surface area contributed by atoms with Crippen molar-refractivity contribution in [3.63, 3.8) is 0 Å². The number of nitrogens with one attached hydrogen (secondary N) is 1. The smallest absolute Gasteiger partial charge is 0.264 e. The van der Waals surface area contributed by atoms with Crippen LogP contribution >= 0.6 is 11.6 Å². The maximum absolute atomic E-state index is 13.7. The first-order chi connectivity index (χ1) is 17.2. The van der Waals surface area contributed by atoms with Gasteiger partial charge < -0.3 is 15.0 Å². The topological polar surface area (TPSA) is 96.0 Å². The van der Waals surface area contributed by atoms with E-state index >= 15 is 0 Å². The summed E-state index contributed by atoms with van der Waals surface area (Å²) in [5.74, 6) is -0.282. The van der Waals surface area contributed by atoms with Crippen molar-refractivity contribution in [3.8, 4) is 5.75 Å². The number of amides is 2. The molecule has 0 bridgehead atoms. The molecule has 3 rings (SSSR count). The summed E-state index contributed by atoms with van der Waals surface area (Å²) >= 11 is 6.15. The first-order valence-electron chi connectivity index (χ1n) is 11.1. The lowest BCUT2D eigenvalue weighted by Gasteiger charge is -2.31. The van der Waals surface area contributed by atoms with E-state index in [0.717, 1.165) is 9.87 Å². The monoisotopic (exact) mass is 529 g/mol. The van der Waals surface area contributed by atoms with Gasteiger partial charge in [0.1, 0.15) is 18.3 Å². The van der Waals surface area contributed by atoms with Gasteiger partial charge in [-0.15, -0.1) is 0 Å². The van der Waals surface area contributed by atoms with E-state index in [2.05, 4.69) is 5.32 Å². The molecule has 0 saturated carbocycles. The van der Waals surface area contributed by atoms with Crippen LogP contribution in [-0.4, -0.2) is 51.9 Å². The SMILES string of the molecule is CNC(=O)[C@@H](C)N(Cc1ccc(OC)cc1)C(=O)CN(c1cccc(Cl)c1)S(=O)(=O)c1ccccc1. The minimum Gasteiger partial charge on any atom is -0.497 e. The van der Waals surface area contributed by atoms with Crippen molar-refractivity contribution < 1.29 is 22.7 Å². The molecule has 0 aliphatic rings. The quantitative estimate of drug-likeness (QED) is 0.432. The minimum absolute atomic E-state index is 0.0267. The van der Waals surface area contributed by atoms with Crippen LogP contribution in [0.1, 0.15) is 12.5 Å². The summed E-state index contributed by atoms with van der Waals surface area (Å²) in [7, 11) is -1.09. The fraction of sp³-hybridized carbons (Fsp3) is 0.231. The highest BCUT2D eigenvalue weighted by atomic mass is 35.5. The van der Waals surface area contributed by atoms with Gasteiger partial charge in [0.05, 0.1) is 17.7 Å². The fourth-order valence-corrected chi connectivity index (χ4v) is 5.21. The Balaban J connectivity index is 2.00. The van der Waals surface area contributed by atoms with Gasteiger partial charge in [-0.1, -0.05) is 48.0 Å². The number of carbonyl (C=O) groups is 2. The lowest BCUT2D eigenvalue weighted by atomic mass is 10.1. The predicted molar refractivity (Wildman–Crippen MR) is 139 cm³/mol. The number of halogens is 1. The second kappa shape index (κ2) is 11.9. The maximum Gasteiger partial charge on any atom is 0.264 e. The third-order valence-electron chi connectivity index (χ3n) is 5.63. The number of sulfonamides is 1. The molecule has 0 saturated heterocycles. The minimum atomic E-state index is -4.12. The van der Waals surface area contributed by atoms with Crippen molar-refractivity contribution >= 4 is 39.1 Å². The van der Waals surface area contributed by atoms with Gasteiger partial charge in [-0.3, -0.25) is 13.9 Å². The van der Waals surface area contributed by atoms with Gasteiger partial charge in [-0.05, 0) is 55.0 Å². The lowest BCUT2D eigenvalue weighted by Crippen LogP contribution is -2.50. The number of likely N-dealkylation sites (N-methyl/N-ethyl adjacent to an activating group) is 1. The third kappa shape index (κ3) is 6.35. The summed E-state index contributed by atoms with van der Waals surface area (Å²) < 4.78 is 33.4. The zero-order valence-electron chi connectivity index (χ0n) is 20.2. The van der Waals surface area contributed by atoms with Gasteiger partial charge in [-0.25, -0.2) is 8.42 Å². The van der Waals surface area contributed by atoms with Gasteiger partial charge in [0, 0.05) is 18.6 Å². The van der Waals surface area contributed by atoms with E-state index in [0.29, 0.717) is 10.8 Å². The molecule has 0 spiro atoms. The van der Waals surface area contributed by atoms with Crippen LogP contribution < -0.4 is 14.4 Å². The van der Waals surface area contributed by atoms with Crippen molar-refractivity contribution in [3.05, 3.63) is 89.4 Å². The molecule has 0 aliphatic heterocycles. The molecular formula is C26H28ClN3O5S. The van der Waals surface area contributed by atoms with Crippen LogP contribution in [0, 0.1) is 0 Å². The number of rotatable bonds is 10. The number of nitrogens with zero attached hydrogens (tertiary/aromatic N) is 2. The van der Waals surface area contributed by atoms with E-state index in [1.165, 1.54) is 30.1 Å². The number of carbonyl (C=O) groups excluding carboxylic acids is 2. The largest absolute Gasteiger partial charge is 0.497 e. The Morgan fingerprint density at radius 1 is 1.00 bits per heavy atom. The van der Waals surface area contributed by atoms with Gasteiger partial charge >= 0.3 is 0 Å². The highest BCUT2D eigenvalue weighted by molar-refractivity contribution is 7.92. The Hall–Kier alpha value is -3.56. The van der Waals surface area contributed by atoms with Crippen molar-refractivity contribution in [1.82, 2.24) is 10.2 Å². The summed E-state index contributed by atoms with van der Waals surface area (Å²) in [6.45, 7) is 1.15. The number of anilines is 1. The standard InChI is InChI=1S/C26H28ClN3O5S/c1-19(26(32)28-2)29(17-20-12-14-23(35-3)15-13-20)25(31)18-30(22-9-7-8-21(27)16-22)36(33,34)24-10-5-4-6-11-24/h4-16,19H,17-18H2,1-3H3,(H,28,32)/t19-/m1/s1. The molecule has 0 heterocycles. The van der Waals surface area contributed by atoms with E-state index in [4.69, 9.17) is 16.3 Å². The average Bonchev–Trinajstić information content (AvgIpc) is 2.90. The predicted octanol–water partition coefficient (Wildman–Crippen LogP) is 3.71. The molecule has 2 amide bonds. The molecular weight excluding hydrogens is 502 g/mol. The zero-order valence-corrected chi connectivity index (χ0v) is 21.8. The van der Waals surface area contributed by atoms with Crippen molar-refractivity contribution in [1.29, 1.82) is 0 Å². The molecule has 36 heavy (non-hydrogen) atoms. The highest BCUT2D eigenvalue weighted by Gasteiger charge is 2.32. The molecule has 0 radical (unpaired) electrons. The van der Waals surface area contributed by atoms with Gasteiger partial charge in [0.25, 0.3) is 10.0 Å². The van der Waals surface area contributed by atoms with E-state index in [1.807, 2.05) is 0 Å². The highest BCUT2D eigenvalue weighted by Crippen LogP contribution is 2.27.